The third-order valence-corrected chi connectivity index (χ3v) is 3.66. The van der Waals surface area contributed by atoms with Crippen molar-refractivity contribution in [1.29, 1.82) is 0 Å². The van der Waals surface area contributed by atoms with E-state index in [0.717, 1.165) is 24.7 Å². The number of hydrogen-bond acceptors (Lipinski definition) is 2. The van der Waals surface area contributed by atoms with E-state index in [2.05, 4.69) is 36.5 Å². The van der Waals surface area contributed by atoms with E-state index in [0.29, 0.717) is 0 Å². The predicted molar refractivity (Wildman–Crippen MR) is 76.1 cm³/mol. The molecule has 18 heavy (non-hydrogen) atoms. The highest BCUT2D eigenvalue weighted by molar-refractivity contribution is 5.27. The zero-order valence-corrected chi connectivity index (χ0v) is 11.5. The van der Waals surface area contributed by atoms with E-state index < -0.39 is 0 Å². The topological polar surface area (TPSA) is 21.3 Å². The number of rotatable bonds is 6. The molecule has 2 heteroatoms. The molecule has 0 spiro atoms. The van der Waals surface area contributed by atoms with Crippen LogP contribution in [0.2, 0.25) is 0 Å². The first-order valence-corrected chi connectivity index (χ1v) is 7.31. The number of benzene rings is 1. The quantitative estimate of drug-likeness (QED) is 0.832. The Bertz CT molecular complexity index is 327. The minimum Gasteiger partial charge on any atom is -0.494 e. The zero-order chi connectivity index (χ0) is 12.6. The van der Waals surface area contributed by atoms with E-state index in [1.165, 1.54) is 44.3 Å². The average molecular weight is 247 g/mol. The van der Waals surface area contributed by atoms with Crippen LogP contribution >= 0.6 is 0 Å². The smallest absolute Gasteiger partial charge is 0.119 e. The third kappa shape index (κ3) is 4.34. The van der Waals surface area contributed by atoms with Gasteiger partial charge in [-0.05, 0) is 62.4 Å². The van der Waals surface area contributed by atoms with Gasteiger partial charge in [-0.3, -0.25) is 0 Å². The summed E-state index contributed by atoms with van der Waals surface area (Å²) in [6.07, 6.45) is 6.20. The minimum atomic E-state index is 0.804. The van der Waals surface area contributed by atoms with Crippen molar-refractivity contribution in [2.45, 2.75) is 39.0 Å². The van der Waals surface area contributed by atoms with Crippen LogP contribution in [0.1, 0.15) is 38.2 Å². The van der Waals surface area contributed by atoms with Gasteiger partial charge >= 0.3 is 0 Å². The molecule has 1 fully saturated rings. The number of ether oxygens (including phenoxy) is 1. The Balaban J connectivity index is 1.69. The first-order chi connectivity index (χ1) is 8.88. The number of aryl methyl sites for hydroxylation is 1. The van der Waals surface area contributed by atoms with Crippen LogP contribution < -0.4 is 10.1 Å². The Morgan fingerprint density at radius 3 is 2.78 bits per heavy atom. The molecule has 2 rings (SSSR count). The Morgan fingerprint density at radius 2 is 2.11 bits per heavy atom. The van der Waals surface area contributed by atoms with E-state index in [1.807, 2.05) is 0 Å². The van der Waals surface area contributed by atoms with Gasteiger partial charge in [0.05, 0.1) is 6.61 Å². The fourth-order valence-electron chi connectivity index (χ4n) is 2.55. The van der Waals surface area contributed by atoms with Crippen LogP contribution in [-0.4, -0.2) is 19.7 Å². The molecular weight excluding hydrogens is 222 g/mol. The number of piperidine rings is 1. The van der Waals surface area contributed by atoms with Gasteiger partial charge in [0.2, 0.25) is 0 Å². The highest BCUT2D eigenvalue weighted by atomic mass is 16.5. The summed E-state index contributed by atoms with van der Waals surface area (Å²) in [5.74, 6) is 1.82. The van der Waals surface area contributed by atoms with E-state index in [9.17, 15) is 0 Å². The van der Waals surface area contributed by atoms with Crippen LogP contribution in [0.3, 0.4) is 0 Å². The molecule has 0 saturated carbocycles. The maximum atomic E-state index is 5.81. The van der Waals surface area contributed by atoms with Crippen molar-refractivity contribution < 1.29 is 4.74 Å². The fourth-order valence-corrected chi connectivity index (χ4v) is 2.55. The molecule has 1 aliphatic rings. The van der Waals surface area contributed by atoms with Crippen LogP contribution in [0.25, 0.3) is 0 Å². The summed E-state index contributed by atoms with van der Waals surface area (Å²) in [7, 11) is 0. The lowest BCUT2D eigenvalue weighted by Gasteiger charge is -2.22. The predicted octanol–water partition coefficient (Wildman–Crippen LogP) is 3.41. The lowest BCUT2D eigenvalue weighted by atomic mass is 9.97. The molecule has 1 N–H and O–H groups in total. The van der Waals surface area contributed by atoms with Crippen LogP contribution in [0.15, 0.2) is 24.3 Å². The molecule has 2 nitrogen and oxygen atoms in total. The van der Waals surface area contributed by atoms with Gasteiger partial charge in [0.1, 0.15) is 5.75 Å². The normalized spacial score (nSPS) is 19.7. The molecular formula is C16H25NO. The average Bonchev–Trinajstić information content (AvgIpc) is 2.42. The van der Waals surface area contributed by atoms with Crippen LogP contribution in [0.5, 0.6) is 5.75 Å². The van der Waals surface area contributed by atoms with Crippen molar-refractivity contribution in [3.63, 3.8) is 0 Å². The van der Waals surface area contributed by atoms with E-state index in [1.54, 1.807) is 0 Å². The molecule has 0 aliphatic carbocycles. The van der Waals surface area contributed by atoms with Crippen molar-refractivity contribution in [1.82, 2.24) is 5.32 Å². The fraction of sp³-hybridized carbons (Fsp3) is 0.625. The standard InChI is InChI=1S/C16H25NO/c1-2-4-14-6-8-16(9-7-14)18-12-10-15-5-3-11-17-13-15/h6-9,15,17H,2-5,10-13H2,1H3/t15-/m0/s1. The molecule has 1 aromatic rings. The van der Waals surface area contributed by atoms with Crippen molar-refractivity contribution in [3.05, 3.63) is 29.8 Å². The third-order valence-electron chi connectivity index (χ3n) is 3.66. The van der Waals surface area contributed by atoms with E-state index in [4.69, 9.17) is 4.74 Å². The maximum absolute atomic E-state index is 5.81. The van der Waals surface area contributed by atoms with Gasteiger partial charge in [-0.2, -0.15) is 0 Å². The first-order valence-electron chi connectivity index (χ1n) is 7.31. The SMILES string of the molecule is CCCc1ccc(OCC[C@@H]2CCCNC2)cc1. The van der Waals surface area contributed by atoms with Crippen molar-refractivity contribution in [2.24, 2.45) is 5.92 Å². The molecule has 1 aromatic carbocycles. The van der Waals surface area contributed by atoms with Crippen LogP contribution in [-0.2, 0) is 6.42 Å². The Hall–Kier alpha value is -1.02. The molecule has 0 unspecified atom stereocenters. The van der Waals surface area contributed by atoms with Gasteiger partial charge < -0.3 is 10.1 Å². The van der Waals surface area contributed by atoms with Gasteiger partial charge in [0.25, 0.3) is 0 Å². The summed E-state index contributed by atoms with van der Waals surface area (Å²) in [6, 6.07) is 8.57. The molecule has 0 aromatic heterocycles. The number of hydrogen-bond donors (Lipinski definition) is 1. The molecule has 0 bridgehead atoms. The lowest BCUT2D eigenvalue weighted by molar-refractivity contribution is 0.254. The highest BCUT2D eigenvalue weighted by Gasteiger charge is 2.12. The summed E-state index contributed by atoms with van der Waals surface area (Å²) in [6.45, 7) is 5.41. The second kappa shape index (κ2) is 7.42. The zero-order valence-electron chi connectivity index (χ0n) is 11.5. The van der Waals surface area contributed by atoms with E-state index in [-0.39, 0.29) is 0 Å². The summed E-state index contributed by atoms with van der Waals surface area (Å²) in [5, 5.41) is 3.45. The first kappa shape index (κ1) is 13.4. The molecule has 0 amide bonds. The molecule has 1 saturated heterocycles. The summed E-state index contributed by atoms with van der Waals surface area (Å²) >= 11 is 0. The highest BCUT2D eigenvalue weighted by Crippen LogP contribution is 2.17. The molecule has 0 radical (unpaired) electrons. The van der Waals surface area contributed by atoms with Gasteiger partial charge in [-0.15, -0.1) is 0 Å². The summed E-state index contributed by atoms with van der Waals surface area (Å²) < 4.78 is 5.81. The van der Waals surface area contributed by atoms with Gasteiger partial charge in [0.15, 0.2) is 0 Å². The largest absolute Gasteiger partial charge is 0.494 e. The van der Waals surface area contributed by atoms with Crippen molar-refractivity contribution >= 4 is 0 Å². The molecule has 1 aliphatic heterocycles. The molecule has 1 heterocycles. The second-order valence-electron chi connectivity index (χ2n) is 5.24. The van der Waals surface area contributed by atoms with Gasteiger partial charge in [-0.25, -0.2) is 0 Å². The summed E-state index contributed by atoms with van der Waals surface area (Å²) in [4.78, 5) is 0. The van der Waals surface area contributed by atoms with Gasteiger partial charge in [-0.1, -0.05) is 25.5 Å². The van der Waals surface area contributed by atoms with Crippen molar-refractivity contribution in [2.75, 3.05) is 19.7 Å². The molecule has 1 atom stereocenters. The summed E-state index contributed by atoms with van der Waals surface area (Å²) in [5.41, 5.74) is 1.40. The minimum absolute atomic E-state index is 0.804. The van der Waals surface area contributed by atoms with Crippen molar-refractivity contribution in [3.8, 4) is 5.75 Å². The Morgan fingerprint density at radius 1 is 1.28 bits per heavy atom. The lowest BCUT2D eigenvalue weighted by Crippen LogP contribution is -2.30. The van der Waals surface area contributed by atoms with Crippen LogP contribution in [0, 0.1) is 5.92 Å². The maximum Gasteiger partial charge on any atom is 0.119 e. The second-order valence-corrected chi connectivity index (χ2v) is 5.24. The number of nitrogens with one attached hydrogen (secondary N) is 1. The Kier molecular flexibility index (Phi) is 5.53. The Labute approximate surface area is 111 Å². The molecule has 100 valence electrons. The monoisotopic (exact) mass is 247 g/mol. The van der Waals surface area contributed by atoms with Gasteiger partial charge in [0, 0.05) is 0 Å². The van der Waals surface area contributed by atoms with E-state index >= 15 is 0 Å². The van der Waals surface area contributed by atoms with Crippen LogP contribution in [0.4, 0.5) is 0 Å².